The van der Waals surface area contributed by atoms with Gasteiger partial charge in [-0.25, -0.2) is 9.97 Å². The van der Waals surface area contributed by atoms with E-state index in [0.29, 0.717) is 30.4 Å². The molecule has 2 fully saturated rings. The van der Waals surface area contributed by atoms with Crippen LogP contribution in [0.2, 0.25) is 0 Å². The Bertz CT molecular complexity index is 745. The van der Waals surface area contributed by atoms with Crippen LogP contribution in [-0.4, -0.2) is 40.7 Å². The van der Waals surface area contributed by atoms with Crippen molar-refractivity contribution in [1.29, 1.82) is 0 Å². The average Bonchev–Trinajstić information content (AvgIpc) is 2.93. The summed E-state index contributed by atoms with van der Waals surface area (Å²) in [5.41, 5.74) is 7.20. The van der Waals surface area contributed by atoms with Crippen molar-refractivity contribution in [2.75, 3.05) is 19.4 Å². The maximum Gasteiger partial charge on any atom is 0.145 e. The number of aromatic nitrogens is 2. The zero-order chi connectivity index (χ0) is 16.2. The summed E-state index contributed by atoms with van der Waals surface area (Å²) in [5, 5.41) is 0.923. The molecule has 3 atom stereocenters. The summed E-state index contributed by atoms with van der Waals surface area (Å²) in [6.45, 7) is 6.21. The summed E-state index contributed by atoms with van der Waals surface area (Å²) in [4.78, 5) is 11.6. The molecule has 5 heteroatoms. The zero-order valence-corrected chi connectivity index (χ0v) is 14.0. The number of benzene rings is 1. The number of nitrogen functional groups attached to an aromatic ring is 1. The smallest absolute Gasteiger partial charge is 0.145 e. The molecule has 0 bridgehead atoms. The number of hydrogen-bond donors (Lipinski definition) is 1. The molecule has 2 heterocycles. The number of fused-ring (bicyclic) bond motifs is 2. The fourth-order valence-electron chi connectivity index (χ4n) is 4.74. The minimum Gasteiger partial charge on any atom is -0.383 e. The van der Waals surface area contributed by atoms with Crippen LogP contribution in [0.3, 0.4) is 0 Å². The quantitative estimate of drug-likeness (QED) is 0.943. The fourth-order valence-corrected chi connectivity index (χ4v) is 4.74. The largest absolute Gasteiger partial charge is 0.383 e. The van der Waals surface area contributed by atoms with Crippen LogP contribution in [0.5, 0.6) is 0 Å². The van der Waals surface area contributed by atoms with Crippen LogP contribution in [-0.2, 0) is 11.3 Å². The van der Waals surface area contributed by atoms with Gasteiger partial charge in [0.25, 0.3) is 0 Å². The fraction of sp³-hybridized carbons (Fsp3) is 0.556. The highest BCUT2D eigenvalue weighted by atomic mass is 16.5. The van der Waals surface area contributed by atoms with Crippen LogP contribution in [0.15, 0.2) is 24.3 Å². The Kier molecular flexibility index (Phi) is 3.32. The van der Waals surface area contributed by atoms with Crippen molar-refractivity contribution in [1.82, 2.24) is 14.9 Å². The number of nitrogens with zero attached hydrogens (tertiary/aromatic N) is 3. The molecule has 1 aliphatic carbocycles. The van der Waals surface area contributed by atoms with Gasteiger partial charge in [0.05, 0.1) is 18.2 Å². The van der Waals surface area contributed by atoms with Crippen molar-refractivity contribution in [2.45, 2.75) is 39.0 Å². The average molecular weight is 312 g/mol. The molecular formula is C18H24N4O. The van der Waals surface area contributed by atoms with Crippen molar-refractivity contribution in [2.24, 2.45) is 11.3 Å². The van der Waals surface area contributed by atoms with Gasteiger partial charge in [-0.2, -0.15) is 0 Å². The molecule has 0 radical (unpaired) electrons. The molecule has 2 aromatic rings. The third kappa shape index (κ3) is 2.22. The van der Waals surface area contributed by atoms with Gasteiger partial charge in [-0.05, 0) is 25.6 Å². The Morgan fingerprint density at radius 1 is 1.30 bits per heavy atom. The van der Waals surface area contributed by atoms with Gasteiger partial charge in [0, 0.05) is 29.4 Å². The predicted octanol–water partition coefficient (Wildman–Crippen LogP) is 2.46. The molecule has 1 aliphatic heterocycles. The number of rotatable bonds is 3. The van der Waals surface area contributed by atoms with Crippen molar-refractivity contribution < 1.29 is 4.74 Å². The number of ether oxygens (including phenoxy) is 1. The molecular weight excluding hydrogens is 288 g/mol. The Morgan fingerprint density at radius 3 is 2.91 bits per heavy atom. The summed E-state index contributed by atoms with van der Waals surface area (Å²) >= 11 is 0. The summed E-state index contributed by atoms with van der Waals surface area (Å²) in [6, 6.07) is 8.41. The first-order valence-electron chi connectivity index (χ1n) is 8.31. The highest BCUT2D eigenvalue weighted by Gasteiger charge is 2.60. The summed E-state index contributed by atoms with van der Waals surface area (Å²) in [7, 11) is 2.16. The second-order valence-electron chi connectivity index (χ2n) is 7.47. The highest BCUT2D eigenvalue weighted by Crippen LogP contribution is 2.54. The molecule has 1 saturated carbocycles. The SMILES string of the molecule is CN(Cc1nc(N)c2ccccc2n1)[C@@H]1[C@@H]2CCO[C@@H]2C1(C)C. The summed E-state index contributed by atoms with van der Waals surface area (Å²) in [5.74, 6) is 1.99. The van der Waals surface area contributed by atoms with Crippen molar-refractivity contribution in [3.8, 4) is 0 Å². The van der Waals surface area contributed by atoms with E-state index in [0.717, 1.165) is 29.8 Å². The van der Waals surface area contributed by atoms with E-state index in [1.54, 1.807) is 0 Å². The van der Waals surface area contributed by atoms with Gasteiger partial charge in [0.2, 0.25) is 0 Å². The molecule has 2 aliphatic rings. The lowest BCUT2D eigenvalue weighted by Gasteiger charge is -2.57. The lowest BCUT2D eigenvalue weighted by atomic mass is 9.57. The molecule has 0 unspecified atom stereocenters. The lowest BCUT2D eigenvalue weighted by molar-refractivity contribution is -0.151. The van der Waals surface area contributed by atoms with E-state index >= 15 is 0 Å². The zero-order valence-electron chi connectivity index (χ0n) is 14.0. The standard InChI is InChI=1S/C18H24N4O/c1-18(2)15(12-8-9-23-16(12)18)22(3)10-14-20-13-7-5-4-6-11(13)17(19)21-14/h4-7,12,15-16H,8-10H2,1-3H3,(H2,19,20,21)/t12-,15+,16-/m0/s1. The molecule has 1 aromatic carbocycles. The molecule has 23 heavy (non-hydrogen) atoms. The van der Waals surface area contributed by atoms with Crippen LogP contribution in [0.4, 0.5) is 5.82 Å². The van der Waals surface area contributed by atoms with Gasteiger partial charge in [-0.3, -0.25) is 4.90 Å². The topological polar surface area (TPSA) is 64.3 Å². The first kappa shape index (κ1) is 14.8. The van der Waals surface area contributed by atoms with E-state index in [2.05, 4.69) is 35.8 Å². The van der Waals surface area contributed by atoms with Gasteiger partial charge in [0.1, 0.15) is 11.6 Å². The molecule has 5 nitrogen and oxygen atoms in total. The van der Waals surface area contributed by atoms with E-state index < -0.39 is 0 Å². The number of anilines is 1. The molecule has 122 valence electrons. The Hall–Kier alpha value is -1.72. The normalized spacial score (nSPS) is 28.8. The number of para-hydroxylation sites is 1. The second kappa shape index (κ2) is 5.14. The maximum absolute atomic E-state index is 6.10. The Balaban J connectivity index is 1.58. The van der Waals surface area contributed by atoms with Crippen molar-refractivity contribution in [3.63, 3.8) is 0 Å². The van der Waals surface area contributed by atoms with Crippen LogP contribution in [0.1, 0.15) is 26.1 Å². The van der Waals surface area contributed by atoms with E-state index in [4.69, 9.17) is 10.5 Å². The minimum atomic E-state index is 0.179. The first-order chi connectivity index (χ1) is 11.0. The molecule has 1 saturated heterocycles. The third-order valence-electron chi connectivity index (χ3n) is 5.58. The van der Waals surface area contributed by atoms with Crippen molar-refractivity contribution >= 4 is 16.7 Å². The molecule has 0 spiro atoms. The Labute approximate surface area is 136 Å². The third-order valence-corrected chi connectivity index (χ3v) is 5.58. The summed E-state index contributed by atoms with van der Waals surface area (Å²) < 4.78 is 5.90. The molecule has 1 aromatic heterocycles. The van der Waals surface area contributed by atoms with Crippen LogP contribution < -0.4 is 5.73 Å². The van der Waals surface area contributed by atoms with Gasteiger partial charge >= 0.3 is 0 Å². The highest BCUT2D eigenvalue weighted by molar-refractivity contribution is 5.87. The predicted molar refractivity (Wildman–Crippen MR) is 90.8 cm³/mol. The molecule has 0 amide bonds. The van der Waals surface area contributed by atoms with Crippen LogP contribution in [0, 0.1) is 11.3 Å². The van der Waals surface area contributed by atoms with Crippen molar-refractivity contribution in [3.05, 3.63) is 30.1 Å². The Morgan fingerprint density at radius 2 is 2.09 bits per heavy atom. The van der Waals surface area contributed by atoms with Crippen LogP contribution in [0.25, 0.3) is 10.9 Å². The number of nitrogens with two attached hydrogens (primary N) is 1. The van der Waals surface area contributed by atoms with Crippen LogP contribution >= 0.6 is 0 Å². The second-order valence-corrected chi connectivity index (χ2v) is 7.47. The van der Waals surface area contributed by atoms with Gasteiger partial charge in [0.15, 0.2) is 0 Å². The minimum absolute atomic E-state index is 0.179. The first-order valence-corrected chi connectivity index (χ1v) is 8.31. The summed E-state index contributed by atoms with van der Waals surface area (Å²) in [6.07, 6.45) is 1.56. The number of hydrogen-bond acceptors (Lipinski definition) is 5. The van der Waals surface area contributed by atoms with E-state index in [1.165, 1.54) is 0 Å². The van der Waals surface area contributed by atoms with Gasteiger partial charge in [-0.15, -0.1) is 0 Å². The molecule has 2 N–H and O–H groups in total. The molecule has 4 rings (SSSR count). The van der Waals surface area contributed by atoms with Gasteiger partial charge < -0.3 is 10.5 Å². The van der Waals surface area contributed by atoms with Gasteiger partial charge in [-0.1, -0.05) is 26.0 Å². The van der Waals surface area contributed by atoms with E-state index in [9.17, 15) is 0 Å². The van der Waals surface area contributed by atoms with E-state index in [1.807, 2.05) is 24.3 Å². The monoisotopic (exact) mass is 312 g/mol. The maximum atomic E-state index is 6.10. The van der Waals surface area contributed by atoms with E-state index in [-0.39, 0.29) is 5.41 Å². The lowest BCUT2D eigenvalue weighted by Crippen LogP contribution is -2.65.